The number of fused-ring (bicyclic) bond motifs is 1. The quantitative estimate of drug-likeness (QED) is 0.796. The van der Waals surface area contributed by atoms with Gasteiger partial charge in [-0.3, -0.25) is 4.79 Å². The molecule has 118 valence electrons. The molecule has 0 radical (unpaired) electrons. The predicted octanol–water partition coefficient (Wildman–Crippen LogP) is 2.03. The minimum absolute atomic E-state index is 0.0561. The minimum Gasteiger partial charge on any atom is -0.422 e. The van der Waals surface area contributed by atoms with Crippen LogP contribution in [-0.2, 0) is 0 Å². The molecule has 1 unspecified atom stereocenters. The fourth-order valence-electron chi connectivity index (χ4n) is 2.00. The Balaban J connectivity index is 2.13. The molecule has 6 heteroatoms. The summed E-state index contributed by atoms with van der Waals surface area (Å²) in [5.41, 5.74) is -1.30. The van der Waals surface area contributed by atoms with Crippen LogP contribution in [0.25, 0.3) is 11.0 Å². The van der Waals surface area contributed by atoms with Gasteiger partial charge in [-0.05, 0) is 37.5 Å². The highest BCUT2D eigenvalue weighted by Gasteiger charge is 2.22. The topological polar surface area (TPSA) is 79.5 Å². The van der Waals surface area contributed by atoms with E-state index in [4.69, 9.17) is 4.42 Å². The van der Waals surface area contributed by atoms with Crippen LogP contribution in [0.1, 0.15) is 23.7 Å². The van der Waals surface area contributed by atoms with Crippen LogP contribution in [0.5, 0.6) is 0 Å². The number of hydrogen-bond donors (Lipinski definition) is 2. The molecule has 1 atom stereocenters. The third kappa shape index (κ3) is 4.11. The monoisotopic (exact) mass is 321 g/mol. The molecule has 5 nitrogen and oxygen atoms in total. The van der Waals surface area contributed by atoms with E-state index in [1.54, 1.807) is 43.0 Å². The van der Waals surface area contributed by atoms with Gasteiger partial charge >= 0.3 is 5.63 Å². The van der Waals surface area contributed by atoms with E-state index < -0.39 is 17.1 Å². The van der Waals surface area contributed by atoms with Crippen LogP contribution in [0, 0.1) is 0 Å². The predicted molar refractivity (Wildman–Crippen MR) is 88.4 cm³/mol. The van der Waals surface area contributed by atoms with E-state index >= 15 is 0 Å². The normalized spacial score (nSPS) is 13.8. The standard InChI is InChI=1S/C16H19NO4S/c1-16(20,7-8-22-2)10-17-14(18)12-9-11-5-3-4-6-13(11)21-15(12)19/h3-6,9,20H,7-8,10H2,1-2H3,(H,17,18). The van der Waals surface area contributed by atoms with E-state index in [0.29, 0.717) is 17.4 Å². The van der Waals surface area contributed by atoms with Crippen LogP contribution >= 0.6 is 11.8 Å². The lowest BCUT2D eigenvalue weighted by atomic mass is 10.0. The van der Waals surface area contributed by atoms with Crippen molar-refractivity contribution in [3.05, 3.63) is 46.3 Å². The summed E-state index contributed by atoms with van der Waals surface area (Å²) in [4.78, 5) is 24.0. The van der Waals surface area contributed by atoms with Crippen molar-refractivity contribution in [3.63, 3.8) is 0 Å². The van der Waals surface area contributed by atoms with Crippen LogP contribution in [0.2, 0.25) is 0 Å². The molecule has 0 aliphatic rings. The Kier molecular flexibility index (Phi) is 5.26. The Morgan fingerprint density at radius 2 is 2.14 bits per heavy atom. The molecule has 0 aliphatic heterocycles. The summed E-state index contributed by atoms with van der Waals surface area (Å²) in [7, 11) is 0. The van der Waals surface area contributed by atoms with Gasteiger partial charge in [0, 0.05) is 11.9 Å². The number of para-hydroxylation sites is 1. The Bertz CT molecular complexity index is 723. The number of nitrogens with one attached hydrogen (secondary N) is 1. The second-order valence-electron chi connectivity index (χ2n) is 5.41. The average Bonchev–Trinajstić information content (AvgIpc) is 2.50. The SMILES string of the molecule is CSCCC(C)(O)CNC(=O)c1cc2ccccc2oc1=O. The molecule has 1 aromatic heterocycles. The lowest BCUT2D eigenvalue weighted by molar-refractivity contribution is 0.0527. The van der Waals surface area contributed by atoms with Crippen molar-refractivity contribution in [1.82, 2.24) is 5.32 Å². The highest BCUT2D eigenvalue weighted by atomic mass is 32.2. The van der Waals surface area contributed by atoms with E-state index in [2.05, 4.69) is 5.32 Å². The first-order valence-electron chi connectivity index (χ1n) is 6.95. The molecule has 22 heavy (non-hydrogen) atoms. The molecule has 0 saturated heterocycles. The Morgan fingerprint density at radius 3 is 2.86 bits per heavy atom. The summed E-state index contributed by atoms with van der Waals surface area (Å²) >= 11 is 1.63. The first-order valence-corrected chi connectivity index (χ1v) is 8.35. The van der Waals surface area contributed by atoms with Gasteiger partial charge in [0.1, 0.15) is 11.1 Å². The smallest absolute Gasteiger partial charge is 0.349 e. The van der Waals surface area contributed by atoms with Crippen LogP contribution in [0.3, 0.4) is 0 Å². The molecule has 0 fully saturated rings. The first kappa shape index (κ1) is 16.6. The molecule has 0 bridgehead atoms. The number of rotatable bonds is 6. The van der Waals surface area contributed by atoms with Crippen molar-refractivity contribution < 1.29 is 14.3 Å². The van der Waals surface area contributed by atoms with E-state index in [1.807, 2.05) is 6.26 Å². The second-order valence-corrected chi connectivity index (χ2v) is 6.39. The number of carbonyl (C=O) groups is 1. The van der Waals surface area contributed by atoms with Gasteiger partial charge < -0.3 is 14.8 Å². The summed E-state index contributed by atoms with van der Waals surface area (Å²) in [6, 6.07) is 8.51. The van der Waals surface area contributed by atoms with Gasteiger partial charge in [-0.15, -0.1) is 0 Å². The molecule has 2 aromatic rings. The number of aliphatic hydroxyl groups is 1. The molecule has 1 aromatic carbocycles. The van der Waals surface area contributed by atoms with Crippen molar-refractivity contribution in [1.29, 1.82) is 0 Å². The molecule has 1 heterocycles. The zero-order valence-electron chi connectivity index (χ0n) is 12.6. The van der Waals surface area contributed by atoms with Crippen LogP contribution in [0.4, 0.5) is 0 Å². The second kappa shape index (κ2) is 6.98. The highest BCUT2D eigenvalue weighted by molar-refractivity contribution is 7.98. The number of hydrogen-bond acceptors (Lipinski definition) is 5. The van der Waals surface area contributed by atoms with Gasteiger partial charge in [-0.2, -0.15) is 11.8 Å². The van der Waals surface area contributed by atoms with Crippen molar-refractivity contribution in [2.24, 2.45) is 0 Å². The van der Waals surface area contributed by atoms with Crippen molar-refractivity contribution in [2.45, 2.75) is 18.9 Å². The number of benzene rings is 1. The largest absolute Gasteiger partial charge is 0.422 e. The van der Waals surface area contributed by atoms with Gasteiger partial charge in [-0.25, -0.2) is 4.79 Å². The summed E-state index contributed by atoms with van der Waals surface area (Å²) in [6.45, 7) is 1.74. The van der Waals surface area contributed by atoms with Gasteiger partial charge in [0.25, 0.3) is 5.91 Å². The maximum Gasteiger partial charge on any atom is 0.349 e. The van der Waals surface area contributed by atoms with E-state index in [0.717, 1.165) is 5.75 Å². The lowest BCUT2D eigenvalue weighted by Gasteiger charge is -2.23. The van der Waals surface area contributed by atoms with E-state index in [9.17, 15) is 14.7 Å². The van der Waals surface area contributed by atoms with Crippen LogP contribution in [-0.4, -0.2) is 35.2 Å². The van der Waals surface area contributed by atoms with Crippen molar-refractivity contribution >= 4 is 28.6 Å². The zero-order chi connectivity index (χ0) is 16.2. The van der Waals surface area contributed by atoms with E-state index in [1.165, 1.54) is 6.07 Å². The average molecular weight is 321 g/mol. The van der Waals surface area contributed by atoms with Gasteiger partial charge in [0.15, 0.2) is 0 Å². The highest BCUT2D eigenvalue weighted by Crippen LogP contribution is 2.14. The molecule has 0 saturated carbocycles. The van der Waals surface area contributed by atoms with Gasteiger partial charge in [0.05, 0.1) is 5.60 Å². The molecule has 0 aliphatic carbocycles. The Morgan fingerprint density at radius 1 is 1.41 bits per heavy atom. The third-order valence-corrected chi connectivity index (χ3v) is 3.97. The number of amides is 1. The number of thioether (sulfide) groups is 1. The maximum absolute atomic E-state index is 12.1. The minimum atomic E-state index is -1.00. The lowest BCUT2D eigenvalue weighted by Crippen LogP contribution is -2.42. The zero-order valence-corrected chi connectivity index (χ0v) is 13.4. The molecule has 2 rings (SSSR count). The summed E-state index contributed by atoms with van der Waals surface area (Å²) in [6.07, 6.45) is 2.51. The summed E-state index contributed by atoms with van der Waals surface area (Å²) in [5.74, 6) is 0.255. The third-order valence-electron chi connectivity index (χ3n) is 3.36. The van der Waals surface area contributed by atoms with Gasteiger partial charge in [0.2, 0.25) is 0 Å². The first-order chi connectivity index (χ1) is 10.4. The maximum atomic E-state index is 12.1. The molecule has 0 spiro atoms. The molecular weight excluding hydrogens is 302 g/mol. The number of carbonyl (C=O) groups excluding carboxylic acids is 1. The van der Waals surface area contributed by atoms with E-state index in [-0.39, 0.29) is 12.1 Å². The van der Waals surface area contributed by atoms with Crippen LogP contribution in [0.15, 0.2) is 39.5 Å². The molecular formula is C16H19NO4S. The van der Waals surface area contributed by atoms with Crippen molar-refractivity contribution in [2.75, 3.05) is 18.6 Å². The van der Waals surface area contributed by atoms with Crippen molar-refractivity contribution in [3.8, 4) is 0 Å². The van der Waals surface area contributed by atoms with Crippen LogP contribution < -0.4 is 10.9 Å². The molecule has 2 N–H and O–H groups in total. The Hall–Kier alpha value is -1.79. The fourth-order valence-corrected chi connectivity index (χ4v) is 2.64. The fraction of sp³-hybridized carbons (Fsp3) is 0.375. The Labute approximate surface area is 132 Å². The summed E-state index contributed by atoms with van der Waals surface area (Å²) < 4.78 is 5.13. The van der Waals surface area contributed by atoms with Gasteiger partial charge in [-0.1, -0.05) is 18.2 Å². The summed E-state index contributed by atoms with van der Waals surface area (Å²) in [5, 5.41) is 13.4. The molecule has 1 amide bonds.